The fraction of sp³-hybridized carbons (Fsp3) is 0.562. The van der Waals surface area contributed by atoms with Crippen LogP contribution in [0.5, 0.6) is 0 Å². The Balaban J connectivity index is 1.81. The molecule has 110 valence electrons. The van der Waals surface area contributed by atoms with Crippen molar-refractivity contribution < 1.29 is 4.79 Å². The molecule has 1 aliphatic rings. The zero-order chi connectivity index (χ0) is 14.5. The van der Waals surface area contributed by atoms with Gasteiger partial charge in [-0.2, -0.15) is 0 Å². The highest BCUT2D eigenvalue weighted by Gasteiger charge is 2.20. The van der Waals surface area contributed by atoms with Crippen LogP contribution in [0.2, 0.25) is 5.02 Å². The summed E-state index contributed by atoms with van der Waals surface area (Å²) in [4.78, 5) is 16.8. The van der Waals surface area contributed by atoms with Crippen molar-refractivity contribution in [3.05, 3.63) is 34.9 Å². The number of benzene rings is 1. The van der Waals surface area contributed by atoms with Gasteiger partial charge in [-0.05, 0) is 52.2 Å². The summed E-state index contributed by atoms with van der Waals surface area (Å²) in [5.74, 6) is 0.173. The van der Waals surface area contributed by atoms with Crippen LogP contribution in [0.3, 0.4) is 0 Å². The summed E-state index contributed by atoms with van der Waals surface area (Å²) < 4.78 is 0. The molecular formula is C16H23ClN2O. The second kappa shape index (κ2) is 7.21. The standard InChI is InChI=1S/C16H23ClN2O/c1-18-9-6-15(7-10-18)19(2)11-8-16(20)13-4-3-5-14(17)12-13/h3-5,12,15H,6-11H2,1-2H3. The molecule has 0 spiro atoms. The van der Waals surface area contributed by atoms with E-state index in [9.17, 15) is 4.79 Å². The predicted octanol–water partition coefficient (Wildman–Crippen LogP) is 2.94. The fourth-order valence-corrected chi connectivity index (χ4v) is 2.89. The summed E-state index contributed by atoms with van der Waals surface area (Å²) >= 11 is 5.92. The molecule has 0 bridgehead atoms. The van der Waals surface area contributed by atoms with Crippen molar-refractivity contribution in [3.8, 4) is 0 Å². The number of Topliss-reactive ketones (excluding diaryl/α,β-unsaturated/α-hetero) is 1. The van der Waals surface area contributed by atoms with E-state index in [4.69, 9.17) is 11.6 Å². The molecule has 0 aromatic heterocycles. The summed E-state index contributed by atoms with van der Waals surface area (Å²) in [6.07, 6.45) is 2.94. The number of piperidine rings is 1. The van der Waals surface area contributed by atoms with Gasteiger partial charge in [0.1, 0.15) is 0 Å². The summed E-state index contributed by atoms with van der Waals surface area (Å²) in [5.41, 5.74) is 0.717. The highest BCUT2D eigenvalue weighted by molar-refractivity contribution is 6.31. The van der Waals surface area contributed by atoms with Crippen molar-refractivity contribution in [1.29, 1.82) is 0 Å². The van der Waals surface area contributed by atoms with Gasteiger partial charge < -0.3 is 9.80 Å². The van der Waals surface area contributed by atoms with E-state index in [1.807, 2.05) is 12.1 Å². The van der Waals surface area contributed by atoms with Gasteiger partial charge >= 0.3 is 0 Å². The van der Waals surface area contributed by atoms with Gasteiger partial charge in [0, 0.05) is 29.6 Å². The van der Waals surface area contributed by atoms with E-state index < -0.39 is 0 Å². The number of hydrogen-bond acceptors (Lipinski definition) is 3. The first-order chi connectivity index (χ1) is 9.56. The Morgan fingerprint density at radius 1 is 1.40 bits per heavy atom. The Hall–Kier alpha value is -0.900. The molecule has 0 radical (unpaired) electrons. The maximum absolute atomic E-state index is 12.1. The van der Waals surface area contributed by atoms with Crippen LogP contribution in [0.1, 0.15) is 29.6 Å². The summed E-state index contributed by atoms with van der Waals surface area (Å²) in [7, 11) is 4.29. The molecule has 20 heavy (non-hydrogen) atoms. The van der Waals surface area contributed by atoms with E-state index in [0.717, 1.165) is 19.6 Å². The molecule has 0 N–H and O–H groups in total. The van der Waals surface area contributed by atoms with E-state index in [1.54, 1.807) is 12.1 Å². The van der Waals surface area contributed by atoms with Gasteiger partial charge in [0.25, 0.3) is 0 Å². The van der Waals surface area contributed by atoms with Crippen LogP contribution >= 0.6 is 11.6 Å². The first kappa shape index (κ1) is 15.5. The van der Waals surface area contributed by atoms with Gasteiger partial charge in [-0.25, -0.2) is 0 Å². The average Bonchev–Trinajstić information content (AvgIpc) is 2.45. The number of nitrogens with zero attached hydrogens (tertiary/aromatic N) is 2. The molecule has 3 nitrogen and oxygen atoms in total. The molecule has 0 atom stereocenters. The van der Waals surface area contributed by atoms with Gasteiger partial charge in [-0.15, -0.1) is 0 Å². The molecule has 1 fully saturated rings. The molecule has 0 amide bonds. The fourth-order valence-electron chi connectivity index (χ4n) is 2.70. The highest BCUT2D eigenvalue weighted by atomic mass is 35.5. The van der Waals surface area contributed by atoms with Crippen molar-refractivity contribution in [2.45, 2.75) is 25.3 Å². The van der Waals surface area contributed by atoms with Crippen molar-refractivity contribution in [2.75, 3.05) is 33.7 Å². The Labute approximate surface area is 126 Å². The van der Waals surface area contributed by atoms with Gasteiger partial charge in [-0.1, -0.05) is 23.7 Å². The minimum Gasteiger partial charge on any atom is -0.306 e. The molecule has 0 saturated carbocycles. The van der Waals surface area contributed by atoms with E-state index in [0.29, 0.717) is 23.0 Å². The molecule has 2 rings (SSSR count). The second-order valence-corrected chi connectivity index (χ2v) is 6.14. The molecule has 1 saturated heterocycles. The lowest BCUT2D eigenvalue weighted by Crippen LogP contribution is -2.42. The van der Waals surface area contributed by atoms with Crippen LogP contribution < -0.4 is 0 Å². The number of rotatable bonds is 5. The van der Waals surface area contributed by atoms with Crippen molar-refractivity contribution in [2.24, 2.45) is 0 Å². The number of hydrogen-bond donors (Lipinski definition) is 0. The molecule has 0 unspecified atom stereocenters. The van der Waals surface area contributed by atoms with Crippen LogP contribution in [0.4, 0.5) is 0 Å². The van der Waals surface area contributed by atoms with E-state index in [-0.39, 0.29) is 5.78 Å². The number of carbonyl (C=O) groups is 1. The van der Waals surface area contributed by atoms with Gasteiger partial charge in [0.15, 0.2) is 5.78 Å². The predicted molar refractivity (Wildman–Crippen MR) is 83.5 cm³/mol. The highest BCUT2D eigenvalue weighted by Crippen LogP contribution is 2.16. The van der Waals surface area contributed by atoms with Crippen LogP contribution in [-0.2, 0) is 0 Å². The van der Waals surface area contributed by atoms with Gasteiger partial charge in [0.05, 0.1) is 0 Å². The Kier molecular flexibility index (Phi) is 5.58. The third-order valence-electron chi connectivity index (χ3n) is 4.15. The van der Waals surface area contributed by atoms with Crippen molar-refractivity contribution in [1.82, 2.24) is 9.80 Å². The molecule has 1 aromatic rings. The topological polar surface area (TPSA) is 23.6 Å². The maximum Gasteiger partial charge on any atom is 0.164 e. The summed E-state index contributed by atoms with van der Waals surface area (Å²) in [6, 6.07) is 7.82. The molecule has 1 heterocycles. The lowest BCUT2D eigenvalue weighted by molar-refractivity contribution is 0.0939. The van der Waals surface area contributed by atoms with Gasteiger partial charge in [0.2, 0.25) is 0 Å². The number of ketones is 1. The minimum absolute atomic E-state index is 0.173. The number of halogens is 1. The number of carbonyl (C=O) groups excluding carboxylic acids is 1. The first-order valence-electron chi connectivity index (χ1n) is 7.24. The largest absolute Gasteiger partial charge is 0.306 e. The Morgan fingerprint density at radius 3 is 2.75 bits per heavy atom. The maximum atomic E-state index is 12.1. The zero-order valence-electron chi connectivity index (χ0n) is 12.3. The van der Waals surface area contributed by atoms with E-state index >= 15 is 0 Å². The zero-order valence-corrected chi connectivity index (χ0v) is 13.1. The molecule has 0 aliphatic carbocycles. The van der Waals surface area contributed by atoms with Crippen molar-refractivity contribution in [3.63, 3.8) is 0 Å². The van der Waals surface area contributed by atoms with E-state index in [1.165, 1.54) is 12.8 Å². The van der Waals surface area contributed by atoms with Crippen LogP contribution in [0, 0.1) is 0 Å². The smallest absolute Gasteiger partial charge is 0.164 e. The lowest BCUT2D eigenvalue weighted by Gasteiger charge is -2.35. The van der Waals surface area contributed by atoms with Gasteiger partial charge in [-0.3, -0.25) is 4.79 Å². The van der Waals surface area contributed by atoms with Crippen LogP contribution in [-0.4, -0.2) is 55.4 Å². The quantitative estimate of drug-likeness (QED) is 0.780. The Morgan fingerprint density at radius 2 is 2.10 bits per heavy atom. The lowest BCUT2D eigenvalue weighted by atomic mass is 10.0. The van der Waals surface area contributed by atoms with Crippen molar-refractivity contribution >= 4 is 17.4 Å². The van der Waals surface area contributed by atoms with Crippen LogP contribution in [0.15, 0.2) is 24.3 Å². The van der Waals surface area contributed by atoms with Crippen LogP contribution in [0.25, 0.3) is 0 Å². The normalized spacial score (nSPS) is 17.6. The second-order valence-electron chi connectivity index (χ2n) is 5.70. The molecule has 1 aliphatic heterocycles. The summed E-state index contributed by atoms with van der Waals surface area (Å²) in [6.45, 7) is 3.12. The molecular weight excluding hydrogens is 272 g/mol. The third kappa shape index (κ3) is 4.30. The monoisotopic (exact) mass is 294 g/mol. The SMILES string of the molecule is CN1CCC(N(C)CCC(=O)c2cccc(Cl)c2)CC1. The number of likely N-dealkylation sites (tertiary alicyclic amines) is 1. The molecule has 4 heteroatoms. The Bertz CT molecular complexity index is 456. The average molecular weight is 295 g/mol. The third-order valence-corrected chi connectivity index (χ3v) is 4.38. The molecule has 1 aromatic carbocycles. The summed E-state index contributed by atoms with van der Waals surface area (Å²) in [5, 5.41) is 0.625. The first-order valence-corrected chi connectivity index (χ1v) is 7.61. The minimum atomic E-state index is 0.173. The van der Waals surface area contributed by atoms with E-state index in [2.05, 4.69) is 23.9 Å².